The second-order valence-corrected chi connectivity index (χ2v) is 12.1. The fourth-order valence-electron chi connectivity index (χ4n) is 4.70. The smallest absolute Gasteiger partial charge is 0.263 e. The molecular weight excluding hydrogens is 502 g/mol. The first-order chi connectivity index (χ1) is 17.3. The van der Waals surface area contributed by atoms with Crippen LogP contribution in [0.2, 0.25) is 0 Å². The lowest BCUT2D eigenvalue weighted by atomic mass is 10.2. The van der Waals surface area contributed by atoms with Crippen LogP contribution in [0, 0.1) is 6.92 Å². The minimum Gasteiger partial charge on any atom is -0.379 e. The van der Waals surface area contributed by atoms with Crippen molar-refractivity contribution in [1.82, 2.24) is 23.7 Å². The standard InChI is InChI=1S/C24H29N5O5S2/c1-18-22(36(32,33)29-11-13-34-14-12-29)21-23(35-18)25-17-28(24(21)31)16-20(30)27-9-7-26(8-10-27)15-19-5-3-2-4-6-19/h2-6,17H,7-16H2,1H3. The van der Waals surface area contributed by atoms with Gasteiger partial charge in [-0.3, -0.25) is 19.1 Å². The summed E-state index contributed by atoms with van der Waals surface area (Å²) < 4.78 is 34.7. The molecule has 0 spiro atoms. The first-order valence-corrected chi connectivity index (χ1v) is 14.2. The highest BCUT2D eigenvalue weighted by Crippen LogP contribution is 2.33. The van der Waals surface area contributed by atoms with Crippen molar-refractivity contribution in [3.05, 3.63) is 57.5 Å². The summed E-state index contributed by atoms with van der Waals surface area (Å²) >= 11 is 1.18. The average Bonchev–Trinajstić information content (AvgIpc) is 3.24. The molecule has 36 heavy (non-hydrogen) atoms. The van der Waals surface area contributed by atoms with E-state index in [2.05, 4.69) is 22.0 Å². The van der Waals surface area contributed by atoms with Gasteiger partial charge in [0.1, 0.15) is 16.3 Å². The predicted molar refractivity (Wildman–Crippen MR) is 136 cm³/mol. The van der Waals surface area contributed by atoms with Crippen molar-refractivity contribution < 1.29 is 17.9 Å². The Kier molecular flexibility index (Phi) is 7.22. The van der Waals surface area contributed by atoms with Gasteiger partial charge >= 0.3 is 0 Å². The van der Waals surface area contributed by atoms with Gasteiger partial charge in [-0.05, 0) is 12.5 Å². The molecule has 12 heteroatoms. The second-order valence-electron chi connectivity index (χ2n) is 9.00. The maximum absolute atomic E-state index is 13.4. The van der Waals surface area contributed by atoms with Crippen LogP contribution in [0.3, 0.4) is 0 Å². The van der Waals surface area contributed by atoms with Crippen molar-refractivity contribution in [2.45, 2.75) is 24.9 Å². The quantitative estimate of drug-likeness (QED) is 0.470. The number of amides is 1. The normalized spacial score (nSPS) is 18.1. The molecule has 4 heterocycles. The number of rotatable bonds is 6. The summed E-state index contributed by atoms with van der Waals surface area (Å²) in [7, 11) is -3.89. The molecule has 5 rings (SSSR count). The maximum Gasteiger partial charge on any atom is 0.263 e. The number of ether oxygens (including phenoxy) is 1. The summed E-state index contributed by atoms with van der Waals surface area (Å²) in [6, 6.07) is 10.2. The molecule has 0 unspecified atom stereocenters. The third-order valence-electron chi connectivity index (χ3n) is 6.65. The monoisotopic (exact) mass is 531 g/mol. The fraction of sp³-hybridized carbons (Fsp3) is 0.458. The van der Waals surface area contributed by atoms with E-state index in [0.717, 1.165) is 19.6 Å². The first-order valence-electron chi connectivity index (χ1n) is 11.9. The van der Waals surface area contributed by atoms with Crippen molar-refractivity contribution >= 4 is 37.5 Å². The maximum atomic E-state index is 13.4. The largest absolute Gasteiger partial charge is 0.379 e. The number of morpholine rings is 1. The molecule has 2 aliphatic heterocycles. The fourth-order valence-corrected chi connectivity index (χ4v) is 7.77. The highest BCUT2D eigenvalue weighted by Gasteiger charge is 2.33. The molecule has 0 radical (unpaired) electrons. The Balaban J connectivity index is 1.32. The molecule has 0 atom stereocenters. The van der Waals surface area contributed by atoms with Gasteiger partial charge in [-0.25, -0.2) is 13.4 Å². The Morgan fingerprint density at radius 3 is 2.44 bits per heavy atom. The number of sulfonamides is 1. The molecular formula is C24H29N5O5S2. The summed E-state index contributed by atoms with van der Waals surface area (Å²) in [5, 5.41) is 0.0620. The molecule has 2 fully saturated rings. The molecule has 2 aliphatic rings. The molecule has 0 saturated carbocycles. The van der Waals surface area contributed by atoms with Gasteiger partial charge in [0.25, 0.3) is 5.56 Å². The van der Waals surface area contributed by atoms with Crippen LogP contribution in [-0.2, 0) is 32.6 Å². The number of hydrogen-bond acceptors (Lipinski definition) is 8. The minimum absolute atomic E-state index is 0.00164. The molecule has 0 bridgehead atoms. The number of hydrogen-bond donors (Lipinski definition) is 0. The van der Waals surface area contributed by atoms with Crippen LogP contribution in [0.4, 0.5) is 0 Å². The van der Waals surface area contributed by atoms with E-state index in [4.69, 9.17) is 4.74 Å². The Morgan fingerprint density at radius 1 is 1.06 bits per heavy atom. The van der Waals surface area contributed by atoms with E-state index in [0.29, 0.717) is 36.0 Å². The molecule has 3 aromatic rings. The van der Waals surface area contributed by atoms with Gasteiger partial charge in [-0.15, -0.1) is 11.3 Å². The summed E-state index contributed by atoms with van der Waals surface area (Å²) in [6.45, 7) is 6.10. The molecule has 1 aromatic carbocycles. The van der Waals surface area contributed by atoms with Crippen LogP contribution in [0.15, 0.2) is 46.3 Å². The number of benzene rings is 1. The molecule has 2 saturated heterocycles. The van der Waals surface area contributed by atoms with E-state index in [1.807, 2.05) is 18.2 Å². The molecule has 0 N–H and O–H groups in total. The number of carbonyl (C=O) groups excluding carboxylic acids is 1. The number of piperazine rings is 1. The van der Waals surface area contributed by atoms with Crippen LogP contribution in [0.25, 0.3) is 10.2 Å². The Hall–Kier alpha value is -2.64. The Labute approximate surface area is 213 Å². The lowest BCUT2D eigenvalue weighted by Gasteiger charge is -2.34. The number of aromatic nitrogens is 2. The SMILES string of the molecule is Cc1sc2ncn(CC(=O)N3CCN(Cc4ccccc4)CC3)c(=O)c2c1S(=O)(=O)N1CCOCC1. The zero-order valence-electron chi connectivity index (χ0n) is 20.1. The van der Waals surface area contributed by atoms with Crippen LogP contribution >= 0.6 is 11.3 Å². The lowest BCUT2D eigenvalue weighted by molar-refractivity contribution is -0.133. The predicted octanol–water partition coefficient (Wildman–Crippen LogP) is 1.13. The molecule has 192 valence electrons. The van der Waals surface area contributed by atoms with Gasteiger partial charge in [-0.1, -0.05) is 30.3 Å². The Bertz CT molecular complexity index is 1410. The van der Waals surface area contributed by atoms with Crippen molar-refractivity contribution in [2.24, 2.45) is 0 Å². The average molecular weight is 532 g/mol. The van der Waals surface area contributed by atoms with Gasteiger partial charge in [0.2, 0.25) is 15.9 Å². The number of nitrogens with zero attached hydrogens (tertiary/aromatic N) is 5. The Morgan fingerprint density at radius 2 is 1.75 bits per heavy atom. The second kappa shape index (κ2) is 10.4. The topological polar surface area (TPSA) is 105 Å². The number of aryl methyl sites for hydroxylation is 1. The molecule has 0 aliphatic carbocycles. The van der Waals surface area contributed by atoms with E-state index in [1.54, 1.807) is 11.8 Å². The summed E-state index contributed by atoms with van der Waals surface area (Å²) in [4.78, 5) is 35.7. The van der Waals surface area contributed by atoms with Gasteiger partial charge < -0.3 is 9.64 Å². The third-order valence-corrected chi connectivity index (χ3v) is 9.86. The van der Waals surface area contributed by atoms with Gasteiger partial charge in [0.05, 0.1) is 24.9 Å². The number of fused-ring (bicyclic) bond motifs is 1. The summed E-state index contributed by atoms with van der Waals surface area (Å²) in [5.74, 6) is -0.179. The molecule has 10 nitrogen and oxygen atoms in total. The zero-order valence-corrected chi connectivity index (χ0v) is 21.8. The minimum atomic E-state index is -3.89. The van der Waals surface area contributed by atoms with E-state index in [1.165, 1.54) is 32.1 Å². The molecule has 2 aromatic heterocycles. The highest BCUT2D eigenvalue weighted by atomic mass is 32.2. The first kappa shape index (κ1) is 25.0. The third kappa shape index (κ3) is 4.96. The summed E-state index contributed by atoms with van der Waals surface area (Å²) in [6.07, 6.45) is 1.34. The van der Waals surface area contributed by atoms with Crippen LogP contribution in [0.5, 0.6) is 0 Å². The van der Waals surface area contributed by atoms with Gasteiger partial charge in [-0.2, -0.15) is 4.31 Å². The van der Waals surface area contributed by atoms with Crippen LogP contribution in [0.1, 0.15) is 10.4 Å². The summed E-state index contributed by atoms with van der Waals surface area (Å²) in [5.41, 5.74) is 0.726. The van der Waals surface area contributed by atoms with Crippen molar-refractivity contribution in [3.63, 3.8) is 0 Å². The number of carbonyl (C=O) groups is 1. The van der Waals surface area contributed by atoms with Crippen LogP contribution in [-0.4, -0.2) is 90.5 Å². The lowest BCUT2D eigenvalue weighted by Crippen LogP contribution is -2.49. The molecule has 1 amide bonds. The van der Waals surface area contributed by atoms with Crippen molar-refractivity contribution in [1.29, 1.82) is 0 Å². The van der Waals surface area contributed by atoms with E-state index < -0.39 is 15.6 Å². The van der Waals surface area contributed by atoms with Crippen molar-refractivity contribution in [2.75, 3.05) is 52.5 Å². The van der Waals surface area contributed by atoms with Gasteiger partial charge in [0.15, 0.2) is 0 Å². The van der Waals surface area contributed by atoms with E-state index in [9.17, 15) is 18.0 Å². The van der Waals surface area contributed by atoms with E-state index in [-0.39, 0.29) is 35.8 Å². The van der Waals surface area contributed by atoms with Crippen molar-refractivity contribution in [3.8, 4) is 0 Å². The zero-order chi connectivity index (χ0) is 25.3. The van der Waals surface area contributed by atoms with Gasteiger partial charge in [0, 0.05) is 50.7 Å². The number of thiophene rings is 1. The van der Waals surface area contributed by atoms with E-state index >= 15 is 0 Å². The van der Waals surface area contributed by atoms with Crippen LogP contribution < -0.4 is 5.56 Å². The highest BCUT2D eigenvalue weighted by molar-refractivity contribution is 7.89.